The van der Waals surface area contributed by atoms with Gasteiger partial charge in [-0.05, 0) is 12.1 Å². The Morgan fingerprint density at radius 1 is 1.25 bits per heavy atom. The molecule has 0 fully saturated rings. The fraction of sp³-hybridized carbons (Fsp3) is 0.188. The lowest BCUT2D eigenvalue weighted by Gasteiger charge is -2.13. The Morgan fingerprint density at radius 2 is 2.08 bits per heavy atom. The van der Waals surface area contributed by atoms with Crippen LogP contribution in [0.15, 0.2) is 47.3 Å². The lowest BCUT2D eigenvalue weighted by atomic mass is 10.3. The molecule has 0 saturated carbocycles. The monoisotopic (exact) mass is 325 g/mol. The molecule has 0 aliphatic carbocycles. The number of carbonyl (C=O) groups excluding carboxylic acids is 1. The summed E-state index contributed by atoms with van der Waals surface area (Å²) in [7, 11) is 0. The normalized spacial score (nSPS) is 13.2. The topological polar surface area (TPSA) is 93.9 Å². The number of aromatic nitrogens is 4. The quantitative estimate of drug-likeness (QED) is 0.761. The van der Waals surface area contributed by atoms with E-state index in [-0.39, 0.29) is 11.3 Å². The van der Waals surface area contributed by atoms with Gasteiger partial charge in [-0.25, -0.2) is 9.36 Å². The van der Waals surface area contributed by atoms with Gasteiger partial charge < -0.3 is 10.1 Å². The summed E-state index contributed by atoms with van der Waals surface area (Å²) >= 11 is 0. The van der Waals surface area contributed by atoms with E-state index in [4.69, 9.17) is 4.74 Å². The van der Waals surface area contributed by atoms with Gasteiger partial charge in [0.15, 0.2) is 5.69 Å². The van der Waals surface area contributed by atoms with Crippen molar-refractivity contribution in [3.63, 3.8) is 0 Å². The number of carbonyl (C=O) groups is 1. The molecule has 0 spiro atoms. The smallest absolute Gasteiger partial charge is 0.277 e. The van der Waals surface area contributed by atoms with Crippen molar-refractivity contribution >= 4 is 11.7 Å². The van der Waals surface area contributed by atoms with Crippen molar-refractivity contribution in [2.75, 3.05) is 11.9 Å². The average molecular weight is 325 g/mol. The van der Waals surface area contributed by atoms with E-state index in [1.807, 2.05) is 18.2 Å². The predicted octanol–water partition coefficient (Wildman–Crippen LogP) is 1.40. The summed E-state index contributed by atoms with van der Waals surface area (Å²) in [5, 5.41) is 9.73. The second-order valence-corrected chi connectivity index (χ2v) is 5.43. The number of hydrogen-bond donors (Lipinski definition) is 2. The van der Waals surface area contributed by atoms with E-state index in [1.54, 1.807) is 22.9 Å². The first-order chi connectivity index (χ1) is 11.7. The summed E-state index contributed by atoms with van der Waals surface area (Å²) in [6.07, 6.45) is 0.864. The van der Waals surface area contributed by atoms with Crippen molar-refractivity contribution in [2.45, 2.75) is 13.0 Å². The second kappa shape index (κ2) is 5.73. The molecule has 3 aromatic rings. The number of ether oxygens (including phenoxy) is 1. The van der Waals surface area contributed by atoms with Crippen LogP contribution in [-0.2, 0) is 6.54 Å². The fourth-order valence-electron chi connectivity index (χ4n) is 2.59. The number of aryl methyl sites for hydroxylation is 1. The number of amides is 1. The molecule has 24 heavy (non-hydrogen) atoms. The van der Waals surface area contributed by atoms with Gasteiger partial charge in [0.05, 0.1) is 12.3 Å². The highest BCUT2D eigenvalue weighted by Gasteiger charge is 2.18. The third-order valence-electron chi connectivity index (χ3n) is 3.72. The van der Waals surface area contributed by atoms with E-state index in [9.17, 15) is 9.59 Å². The molecule has 0 saturated heterocycles. The summed E-state index contributed by atoms with van der Waals surface area (Å²) in [6.45, 7) is 1.35. The summed E-state index contributed by atoms with van der Waals surface area (Å²) in [5.74, 6) is 0.490. The Bertz CT molecular complexity index is 915. The van der Waals surface area contributed by atoms with Gasteiger partial charge in [-0.1, -0.05) is 18.2 Å². The molecule has 0 radical (unpaired) electrons. The average Bonchev–Trinajstić information content (AvgIpc) is 3.19. The van der Waals surface area contributed by atoms with Gasteiger partial charge in [-0.3, -0.25) is 14.7 Å². The minimum absolute atomic E-state index is 0.250. The SMILES string of the molecule is O=C(Nc1cc(=O)n(-c2ccccc2)[nH]1)c1cc2n(n1)CCCO2. The summed E-state index contributed by atoms with van der Waals surface area (Å²) in [4.78, 5) is 24.4. The van der Waals surface area contributed by atoms with E-state index < -0.39 is 5.91 Å². The number of para-hydroxylation sites is 1. The van der Waals surface area contributed by atoms with Gasteiger partial charge in [-0.2, -0.15) is 5.10 Å². The summed E-state index contributed by atoms with van der Waals surface area (Å²) in [6, 6.07) is 12.0. The molecule has 0 atom stereocenters. The number of aromatic amines is 1. The number of fused-ring (bicyclic) bond motifs is 1. The van der Waals surface area contributed by atoms with E-state index in [0.29, 0.717) is 24.0 Å². The first-order valence-corrected chi connectivity index (χ1v) is 7.60. The lowest BCUT2D eigenvalue weighted by Crippen LogP contribution is -2.16. The van der Waals surface area contributed by atoms with Crippen LogP contribution in [0.1, 0.15) is 16.9 Å². The van der Waals surface area contributed by atoms with Gasteiger partial charge in [0.1, 0.15) is 5.82 Å². The van der Waals surface area contributed by atoms with E-state index >= 15 is 0 Å². The van der Waals surface area contributed by atoms with Crippen LogP contribution in [0.5, 0.6) is 5.88 Å². The maximum absolute atomic E-state index is 12.3. The standard InChI is InChI=1S/C16H15N5O3/c22-14-10-13(19-21(14)11-5-2-1-3-6-11)17-16(23)12-9-15-20(18-12)7-4-8-24-15/h1-3,5-6,9-10,19H,4,7-8H2,(H,17,23). The van der Waals surface area contributed by atoms with Crippen LogP contribution in [0.2, 0.25) is 0 Å². The van der Waals surface area contributed by atoms with Crippen LogP contribution >= 0.6 is 0 Å². The van der Waals surface area contributed by atoms with Crippen LogP contribution < -0.4 is 15.6 Å². The molecule has 3 heterocycles. The first-order valence-electron chi connectivity index (χ1n) is 7.60. The Morgan fingerprint density at radius 3 is 2.88 bits per heavy atom. The molecule has 1 aliphatic heterocycles. The highest BCUT2D eigenvalue weighted by Crippen LogP contribution is 2.19. The van der Waals surface area contributed by atoms with Crippen LogP contribution in [0.3, 0.4) is 0 Å². The predicted molar refractivity (Wildman–Crippen MR) is 86.7 cm³/mol. The molecule has 0 unspecified atom stereocenters. The van der Waals surface area contributed by atoms with Crippen molar-refractivity contribution in [2.24, 2.45) is 0 Å². The Kier molecular flexibility index (Phi) is 3.42. The van der Waals surface area contributed by atoms with Crippen LogP contribution in [0.4, 0.5) is 5.82 Å². The molecule has 0 bridgehead atoms. The molecular weight excluding hydrogens is 310 g/mol. The fourth-order valence-corrected chi connectivity index (χ4v) is 2.59. The number of anilines is 1. The largest absolute Gasteiger partial charge is 0.478 e. The zero-order valence-electron chi connectivity index (χ0n) is 12.7. The molecular formula is C16H15N5O3. The Balaban J connectivity index is 1.56. The molecule has 2 N–H and O–H groups in total. The number of H-pyrrole nitrogens is 1. The molecule has 4 rings (SSSR count). The maximum Gasteiger partial charge on any atom is 0.277 e. The maximum atomic E-state index is 12.3. The number of benzene rings is 1. The minimum Gasteiger partial charge on any atom is -0.478 e. The van der Waals surface area contributed by atoms with Gasteiger partial charge in [0.2, 0.25) is 5.88 Å². The van der Waals surface area contributed by atoms with Crippen molar-refractivity contribution in [1.29, 1.82) is 0 Å². The molecule has 122 valence electrons. The number of nitrogens with one attached hydrogen (secondary N) is 2. The number of nitrogens with zero attached hydrogens (tertiary/aromatic N) is 3. The van der Waals surface area contributed by atoms with Gasteiger partial charge >= 0.3 is 0 Å². The highest BCUT2D eigenvalue weighted by atomic mass is 16.5. The molecule has 1 amide bonds. The highest BCUT2D eigenvalue weighted by molar-refractivity contribution is 6.02. The number of hydrogen-bond acceptors (Lipinski definition) is 4. The third kappa shape index (κ3) is 2.58. The Hall–Kier alpha value is -3.29. The zero-order chi connectivity index (χ0) is 16.5. The summed E-state index contributed by atoms with van der Waals surface area (Å²) in [5.41, 5.74) is 0.679. The lowest BCUT2D eigenvalue weighted by molar-refractivity contribution is 0.102. The third-order valence-corrected chi connectivity index (χ3v) is 3.72. The first kappa shape index (κ1) is 14.3. The van der Waals surface area contributed by atoms with E-state index in [2.05, 4.69) is 15.5 Å². The van der Waals surface area contributed by atoms with Crippen LogP contribution in [0, 0.1) is 0 Å². The summed E-state index contributed by atoms with van der Waals surface area (Å²) < 4.78 is 8.47. The number of rotatable bonds is 3. The van der Waals surface area contributed by atoms with Crippen molar-refractivity contribution in [3.8, 4) is 11.6 Å². The second-order valence-electron chi connectivity index (χ2n) is 5.43. The molecule has 8 heteroatoms. The van der Waals surface area contributed by atoms with Crippen LogP contribution in [-0.4, -0.2) is 32.1 Å². The zero-order valence-corrected chi connectivity index (χ0v) is 12.7. The van der Waals surface area contributed by atoms with Gasteiger partial charge in [0, 0.05) is 25.1 Å². The minimum atomic E-state index is -0.401. The van der Waals surface area contributed by atoms with Gasteiger partial charge in [0.25, 0.3) is 11.5 Å². The molecule has 8 nitrogen and oxygen atoms in total. The molecule has 1 aromatic carbocycles. The van der Waals surface area contributed by atoms with E-state index in [1.165, 1.54) is 10.7 Å². The van der Waals surface area contributed by atoms with Crippen molar-refractivity contribution in [1.82, 2.24) is 19.6 Å². The van der Waals surface area contributed by atoms with Gasteiger partial charge in [-0.15, -0.1) is 0 Å². The van der Waals surface area contributed by atoms with Crippen molar-refractivity contribution < 1.29 is 9.53 Å². The molecule has 1 aliphatic rings. The van der Waals surface area contributed by atoms with Crippen molar-refractivity contribution in [3.05, 3.63) is 58.5 Å². The Labute approximate surface area is 136 Å². The van der Waals surface area contributed by atoms with E-state index in [0.717, 1.165) is 13.0 Å². The van der Waals surface area contributed by atoms with Crippen LogP contribution in [0.25, 0.3) is 5.69 Å². The molecule has 2 aromatic heterocycles.